The lowest BCUT2D eigenvalue weighted by Crippen LogP contribution is -2.36. The molecule has 144 valence electrons. The molecule has 1 aromatic heterocycles. The SMILES string of the molecule is C/C=C/c1ccc(OCC(=O)O[C@H](C)C(=O)NCc2ccco2)c(OC)c1. The van der Waals surface area contributed by atoms with E-state index in [1.807, 2.05) is 25.1 Å². The third kappa shape index (κ3) is 6.22. The molecule has 1 amide bonds. The van der Waals surface area contributed by atoms with Crippen LogP contribution in [0.4, 0.5) is 0 Å². The lowest BCUT2D eigenvalue weighted by atomic mass is 10.2. The topological polar surface area (TPSA) is 87.0 Å². The number of carbonyl (C=O) groups excluding carboxylic acids is 2. The van der Waals surface area contributed by atoms with Crippen LogP contribution in [-0.4, -0.2) is 31.7 Å². The number of nitrogens with one attached hydrogen (secondary N) is 1. The number of allylic oxidation sites excluding steroid dienone is 1. The van der Waals surface area contributed by atoms with Crippen molar-refractivity contribution >= 4 is 18.0 Å². The Morgan fingerprint density at radius 1 is 1.26 bits per heavy atom. The Balaban J connectivity index is 1.82. The summed E-state index contributed by atoms with van der Waals surface area (Å²) >= 11 is 0. The minimum absolute atomic E-state index is 0.222. The average molecular weight is 373 g/mol. The monoisotopic (exact) mass is 373 g/mol. The number of rotatable bonds is 9. The van der Waals surface area contributed by atoms with E-state index in [4.69, 9.17) is 18.6 Å². The van der Waals surface area contributed by atoms with Crippen LogP contribution < -0.4 is 14.8 Å². The smallest absolute Gasteiger partial charge is 0.344 e. The van der Waals surface area contributed by atoms with Crippen molar-refractivity contribution in [2.45, 2.75) is 26.5 Å². The van der Waals surface area contributed by atoms with Crippen LogP contribution in [0.5, 0.6) is 11.5 Å². The highest BCUT2D eigenvalue weighted by molar-refractivity contribution is 5.83. The summed E-state index contributed by atoms with van der Waals surface area (Å²) in [5.74, 6) is 0.446. The van der Waals surface area contributed by atoms with Gasteiger partial charge in [0.05, 0.1) is 19.9 Å². The number of furan rings is 1. The zero-order valence-electron chi connectivity index (χ0n) is 15.6. The predicted molar refractivity (Wildman–Crippen MR) is 99.3 cm³/mol. The van der Waals surface area contributed by atoms with Gasteiger partial charge in [-0.3, -0.25) is 4.79 Å². The average Bonchev–Trinajstić information content (AvgIpc) is 3.18. The van der Waals surface area contributed by atoms with Crippen molar-refractivity contribution in [2.24, 2.45) is 0 Å². The molecule has 2 rings (SSSR count). The molecular formula is C20H23NO6. The van der Waals surface area contributed by atoms with Crippen molar-refractivity contribution in [3.63, 3.8) is 0 Å². The largest absolute Gasteiger partial charge is 0.493 e. The number of esters is 1. The summed E-state index contributed by atoms with van der Waals surface area (Å²) < 4.78 is 20.9. The second-order valence-corrected chi connectivity index (χ2v) is 5.63. The Kier molecular flexibility index (Phi) is 7.49. The molecule has 0 unspecified atom stereocenters. The van der Waals surface area contributed by atoms with Gasteiger partial charge in [0.2, 0.25) is 0 Å². The Morgan fingerprint density at radius 3 is 2.74 bits per heavy atom. The molecule has 0 radical (unpaired) electrons. The summed E-state index contributed by atoms with van der Waals surface area (Å²) in [6.07, 6.45) is 4.39. The molecule has 7 heteroatoms. The van der Waals surface area contributed by atoms with E-state index in [9.17, 15) is 9.59 Å². The number of amides is 1. The van der Waals surface area contributed by atoms with Crippen molar-refractivity contribution in [3.8, 4) is 11.5 Å². The van der Waals surface area contributed by atoms with Crippen molar-refractivity contribution in [3.05, 3.63) is 54.0 Å². The molecule has 0 aliphatic heterocycles. The molecule has 0 fully saturated rings. The molecule has 0 aliphatic rings. The summed E-state index contributed by atoms with van der Waals surface area (Å²) in [5, 5.41) is 2.62. The molecule has 27 heavy (non-hydrogen) atoms. The second-order valence-electron chi connectivity index (χ2n) is 5.63. The maximum atomic E-state index is 12.0. The third-order valence-electron chi connectivity index (χ3n) is 3.59. The highest BCUT2D eigenvalue weighted by Gasteiger charge is 2.18. The quantitative estimate of drug-likeness (QED) is 0.680. The normalized spacial score (nSPS) is 11.8. The first-order valence-electron chi connectivity index (χ1n) is 8.46. The third-order valence-corrected chi connectivity index (χ3v) is 3.59. The van der Waals surface area contributed by atoms with Crippen LogP contribution in [0.25, 0.3) is 6.08 Å². The van der Waals surface area contributed by atoms with E-state index in [2.05, 4.69) is 5.32 Å². The zero-order valence-corrected chi connectivity index (χ0v) is 15.6. The highest BCUT2D eigenvalue weighted by Crippen LogP contribution is 2.28. The first-order chi connectivity index (χ1) is 13.0. The lowest BCUT2D eigenvalue weighted by molar-refractivity contribution is -0.156. The van der Waals surface area contributed by atoms with E-state index in [1.165, 1.54) is 20.3 Å². The molecule has 1 heterocycles. The lowest BCUT2D eigenvalue weighted by Gasteiger charge is -2.14. The van der Waals surface area contributed by atoms with E-state index in [0.29, 0.717) is 17.3 Å². The summed E-state index contributed by atoms with van der Waals surface area (Å²) in [5.41, 5.74) is 0.950. The van der Waals surface area contributed by atoms with Crippen molar-refractivity contribution in [1.29, 1.82) is 0 Å². The number of methoxy groups -OCH3 is 1. The molecule has 0 bridgehead atoms. The van der Waals surface area contributed by atoms with Gasteiger partial charge in [0.25, 0.3) is 5.91 Å². The minimum Gasteiger partial charge on any atom is -0.493 e. The van der Waals surface area contributed by atoms with E-state index >= 15 is 0 Å². The minimum atomic E-state index is -0.949. The molecule has 1 aromatic carbocycles. The van der Waals surface area contributed by atoms with Gasteiger partial charge >= 0.3 is 5.97 Å². The highest BCUT2D eigenvalue weighted by atomic mass is 16.6. The van der Waals surface area contributed by atoms with Crippen LogP contribution >= 0.6 is 0 Å². The van der Waals surface area contributed by atoms with Gasteiger partial charge in [-0.15, -0.1) is 0 Å². The summed E-state index contributed by atoms with van der Waals surface area (Å²) in [6, 6.07) is 8.81. The van der Waals surface area contributed by atoms with E-state index < -0.39 is 18.0 Å². The number of hydrogen-bond donors (Lipinski definition) is 1. The van der Waals surface area contributed by atoms with Crippen LogP contribution in [0.2, 0.25) is 0 Å². The van der Waals surface area contributed by atoms with Crippen LogP contribution in [0.15, 0.2) is 47.1 Å². The van der Waals surface area contributed by atoms with Gasteiger partial charge < -0.3 is 23.9 Å². The van der Waals surface area contributed by atoms with E-state index in [0.717, 1.165) is 5.56 Å². The molecule has 0 saturated heterocycles. The first kappa shape index (κ1) is 20.1. The summed E-state index contributed by atoms with van der Waals surface area (Å²) in [7, 11) is 1.52. The fourth-order valence-electron chi connectivity index (χ4n) is 2.25. The zero-order chi connectivity index (χ0) is 19.6. The van der Waals surface area contributed by atoms with Gasteiger partial charge in [-0.25, -0.2) is 4.79 Å². The van der Waals surface area contributed by atoms with Crippen molar-refractivity contribution in [2.75, 3.05) is 13.7 Å². The van der Waals surface area contributed by atoms with Gasteiger partial charge in [-0.2, -0.15) is 0 Å². The predicted octanol–water partition coefficient (Wildman–Crippen LogP) is 2.95. The molecule has 2 aromatic rings. The maximum Gasteiger partial charge on any atom is 0.344 e. The number of carbonyl (C=O) groups is 2. The van der Waals surface area contributed by atoms with Crippen molar-refractivity contribution in [1.82, 2.24) is 5.32 Å². The molecule has 0 spiro atoms. The molecule has 1 N–H and O–H groups in total. The number of hydrogen-bond acceptors (Lipinski definition) is 6. The number of benzene rings is 1. The molecule has 7 nitrogen and oxygen atoms in total. The fourth-order valence-corrected chi connectivity index (χ4v) is 2.25. The molecular weight excluding hydrogens is 350 g/mol. The molecule has 0 saturated carbocycles. The van der Waals surface area contributed by atoms with Gasteiger partial charge in [-0.05, 0) is 43.7 Å². The Hall–Kier alpha value is -3.22. The van der Waals surface area contributed by atoms with Crippen LogP contribution in [-0.2, 0) is 20.9 Å². The van der Waals surface area contributed by atoms with Crippen LogP contribution in [0, 0.1) is 0 Å². The summed E-state index contributed by atoms with van der Waals surface area (Å²) in [4.78, 5) is 23.9. The summed E-state index contributed by atoms with van der Waals surface area (Å²) in [6.45, 7) is 3.29. The Morgan fingerprint density at radius 2 is 2.07 bits per heavy atom. The van der Waals surface area contributed by atoms with E-state index in [1.54, 1.807) is 24.3 Å². The van der Waals surface area contributed by atoms with Crippen LogP contribution in [0.3, 0.4) is 0 Å². The Labute approximate surface area is 157 Å². The molecule has 0 aliphatic carbocycles. The fraction of sp³-hybridized carbons (Fsp3) is 0.300. The van der Waals surface area contributed by atoms with Gasteiger partial charge in [0, 0.05) is 0 Å². The van der Waals surface area contributed by atoms with Crippen molar-refractivity contribution < 1.29 is 28.2 Å². The van der Waals surface area contributed by atoms with Crippen LogP contribution in [0.1, 0.15) is 25.2 Å². The number of ether oxygens (including phenoxy) is 3. The van der Waals surface area contributed by atoms with E-state index in [-0.39, 0.29) is 13.2 Å². The molecule has 1 atom stereocenters. The van der Waals surface area contributed by atoms with Gasteiger partial charge in [-0.1, -0.05) is 18.2 Å². The Bertz CT molecular complexity index is 782. The van der Waals surface area contributed by atoms with Gasteiger partial charge in [0.1, 0.15) is 5.76 Å². The van der Waals surface area contributed by atoms with Gasteiger partial charge in [0.15, 0.2) is 24.2 Å². The first-order valence-corrected chi connectivity index (χ1v) is 8.46. The second kappa shape index (κ2) is 10.1. The maximum absolute atomic E-state index is 12.0. The standard InChI is InChI=1S/C20H23NO6/c1-4-6-15-8-9-17(18(11-15)24-3)26-13-19(22)27-14(2)20(23)21-12-16-7-5-10-25-16/h4-11,14H,12-13H2,1-3H3,(H,21,23)/b6-4+/t14-/m1/s1.